The van der Waals surface area contributed by atoms with Gasteiger partial charge in [-0.25, -0.2) is 0 Å². The van der Waals surface area contributed by atoms with Crippen LogP contribution in [0.5, 0.6) is 0 Å². The summed E-state index contributed by atoms with van der Waals surface area (Å²) in [5, 5.41) is 8.90. The largest absolute Gasteiger partial charge is 0.416 e. The summed E-state index contributed by atoms with van der Waals surface area (Å²) in [6.07, 6.45) is -3.09. The fourth-order valence-electron chi connectivity index (χ4n) is 1.51. The van der Waals surface area contributed by atoms with Gasteiger partial charge in [0.05, 0.1) is 22.9 Å². The molecule has 0 saturated heterocycles. The lowest BCUT2D eigenvalue weighted by Crippen LogP contribution is -2.06. The van der Waals surface area contributed by atoms with Gasteiger partial charge in [-0.1, -0.05) is 25.5 Å². The van der Waals surface area contributed by atoms with Crippen LogP contribution in [0.15, 0.2) is 29.8 Å². The Morgan fingerprint density at radius 2 is 1.83 bits per heavy atom. The van der Waals surface area contributed by atoms with E-state index in [0.717, 1.165) is 18.6 Å². The lowest BCUT2D eigenvalue weighted by molar-refractivity contribution is -0.137. The molecule has 18 heavy (non-hydrogen) atoms. The maximum Gasteiger partial charge on any atom is 0.416 e. The van der Waals surface area contributed by atoms with Crippen molar-refractivity contribution in [2.24, 2.45) is 5.73 Å². The van der Waals surface area contributed by atoms with Crippen LogP contribution in [0.3, 0.4) is 0 Å². The lowest BCUT2D eigenvalue weighted by atomic mass is 10.0. The van der Waals surface area contributed by atoms with E-state index in [1.165, 1.54) is 12.1 Å². The fourth-order valence-corrected chi connectivity index (χ4v) is 1.51. The number of allylic oxidation sites excluding steroid dienone is 1. The second-order valence-electron chi connectivity index (χ2n) is 3.83. The Balaban J connectivity index is 3.09. The van der Waals surface area contributed by atoms with Gasteiger partial charge in [-0.2, -0.15) is 18.4 Å². The predicted octanol–water partition coefficient (Wildman–Crippen LogP) is 3.70. The summed E-state index contributed by atoms with van der Waals surface area (Å²) < 4.78 is 37.1. The monoisotopic (exact) mass is 254 g/mol. The summed E-state index contributed by atoms with van der Waals surface area (Å²) in [5.41, 5.74) is 6.12. The molecule has 0 atom stereocenters. The lowest BCUT2D eigenvalue weighted by Gasteiger charge is -2.09. The van der Waals surface area contributed by atoms with Gasteiger partial charge in [0.2, 0.25) is 0 Å². The van der Waals surface area contributed by atoms with E-state index < -0.39 is 11.7 Å². The topological polar surface area (TPSA) is 49.8 Å². The van der Waals surface area contributed by atoms with Crippen molar-refractivity contribution in [3.8, 4) is 6.07 Å². The second-order valence-corrected chi connectivity index (χ2v) is 3.83. The van der Waals surface area contributed by atoms with Gasteiger partial charge in [-0.05, 0) is 24.1 Å². The van der Waals surface area contributed by atoms with Crippen molar-refractivity contribution >= 4 is 5.70 Å². The van der Waals surface area contributed by atoms with Crippen molar-refractivity contribution in [3.05, 3.63) is 41.0 Å². The van der Waals surface area contributed by atoms with Crippen molar-refractivity contribution in [2.45, 2.75) is 25.9 Å². The quantitative estimate of drug-likeness (QED) is 0.836. The molecule has 0 amide bonds. The van der Waals surface area contributed by atoms with Crippen molar-refractivity contribution in [1.82, 2.24) is 0 Å². The first-order valence-corrected chi connectivity index (χ1v) is 5.46. The zero-order chi connectivity index (χ0) is 13.8. The molecule has 0 aliphatic heterocycles. The van der Waals surface area contributed by atoms with E-state index in [1.54, 1.807) is 0 Å². The van der Waals surface area contributed by atoms with Crippen molar-refractivity contribution in [2.75, 3.05) is 0 Å². The molecule has 0 radical (unpaired) electrons. The third-order valence-electron chi connectivity index (χ3n) is 2.48. The van der Waals surface area contributed by atoms with Crippen molar-refractivity contribution in [1.29, 1.82) is 5.26 Å². The second kappa shape index (κ2) is 5.58. The van der Waals surface area contributed by atoms with Crippen LogP contribution in [0.1, 0.15) is 30.9 Å². The molecular weight excluding hydrogens is 241 g/mol. The SMILES string of the molecule is CCC/C(C#N)=C(/N)c1ccc(C(F)(F)F)cc1. The maximum atomic E-state index is 12.4. The average Bonchev–Trinajstić information content (AvgIpc) is 2.34. The summed E-state index contributed by atoms with van der Waals surface area (Å²) in [5.74, 6) is 0. The minimum absolute atomic E-state index is 0.244. The minimum Gasteiger partial charge on any atom is -0.397 e. The number of hydrogen-bond donors (Lipinski definition) is 1. The first-order valence-electron chi connectivity index (χ1n) is 5.46. The van der Waals surface area contributed by atoms with Crippen LogP contribution in [0, 0.1) is 11.3 Å². The number of halogens is 3. The van der Waals surface area contributed by atoms with Crippen molar-refractivity contribution in [3.63, 3.8) is 0 Å². The number of benzene rings is 1. The third kappa shape index (κ3) is 3.27. The molecule has 1 aromatic carbocycles. The van der Waals surface area contributed by atoms with E-state index in [1.807, 2.05) is 13.0 Å². The molecule has 0 fully saturated rings. The van der Waals surface area contributed by atoms with Gasteiger partial charge in [0.25, 0.3) is 0 Å². The van der Waals surface area contributed by atoms with Crippen LogP contribution in [0.25, 0.3) is 5.70 Å². The smallest absolute Gasteiger partial charge is 0.397 e. The van der Waals surface area contributed by atoms with Crippen LogP contribution in [0.4, 0.5) is 13.2 Å². The summed E-state index contributed by atoms with van der Waals surface area (Å²) in [6, 6.07) is 6.47. The van der Waals surface area contributed by atoms with E-state index in [2.05, 4.69) is 0 Å². The minimum atomic E-state index is -4.36. The molecule has 2 N–H and O–H groups in total. The zero-order valence-corrected chi connectivity index (χ0v) is 9.88. The fraction of sp³-hybridized carbons (Fsp3) is 0.308. The Morgan fingerprint density at radius 3 is 2.22 bits per heavy atom. The maximum absolute atomic E-state index is 12.4. The molecule has 0 bridgehead atoms. The zero-order valence-electron chi connectivity index (χ0n) is 9.88. The molecule has 0 saturated carbocycles. The summed E-state index contributed by atoms with van der Waals surface area (Å²) in [7, 11) is 0. The molecule has 0 aromatic heterocycles. The number of nitriles is 1. The highest BCUT2D eigenvalue weighted by Crippen LogP contribution is 2.30. The van der Waals surface area contributed by atoms with E-state index >= 15 is 0 Å². The molecule has 1 rings (SSSR count). The Morgan fingerprint density at radius 1 is 1.28 bits per heavy atom. The summed E-state index contributed by atoms with van der Waals surface area (Å²) in [4.78, 5) is 0. The molecule has 1 aromatic rings. The Kier molecular flexibility index (Phi) is 4.38. The first-order chi connectivity index (χ1) is 8.40. The molecule has 0 heterocycles. The van der Waals surface area contributed by atoms with Crippen LogP contribution >= 0.6 is 0 Å². The molecule has 2 nitrogen and oxygen atoms in total. The number of hydrogen-bond acceptors (Lipinski definition) is 2. The van der Waals surface area contributed by atoms with Gasteiger partial charge >= 0.3 is 6.18 Å². The van der Waals surface area contributed by atoms with Gasteiger partial charge in [-0.15, -0.1) is 0 Å². The Labute approximate surface area is 104 Å². The Hall–Kier alpha value is -1.96. The van der Waals surface area contributed by atoms with Crippen LogP contribution in [0.2, 0.25) is 0 Å². The van der Waals surface area contributed by atoms with E-state index in [4.69, 9.17) is 11.0 Å². The van der Waals surface area contributed by atoms with Crippen LogP contribution in [-0.4, -0.2) is 0 Å². The number of nitrogens with zero attached hydrogens (tertiary/aromatic N) is 1. The first kappa shape index (κ1) is 14.1. The molecule has 96 valence electrons. The summed E-state index contributed by atoms with van der Waals surface area (Å²) >= 11 is 0. The van der Waals surface area contributed by atoms with Gasteiger partial charge in [0, 0.05) is 0 Å². The highest BCUT2D eigenvalue weighted by Gasteiger charge is 2.30. The van der Waals surface area contributed by atoms with E-state index in [0.29, 0.717) is 17.6 Å². The molecule has 0 unspecified atom stereocenters. The van der Waals surface area contributed by atoms with Gasteiger partial charge in [-0.3, -0.25) is 0 Å². The van der Waals surface area contributed by atoms with Crippen LogP contribution in [-0.2, 0) is 6.18 Å². The number of nitrogens with two attached hydrogens (primary N) is 1. The average molecular weight is 254 g/mol. The van der Waals surface area contributed by atoms with Crippen molar-refractivity contribution < 1.29 is 13.2 Å². The summed E-state index contributed by atoms with van der Waals surface area (Å²) in [6.45, 7) is 1.90. The third-order valence-corrected chi connectivity index (χ3v) is 2.48. The normalized spacial score (nSPS) is 12.8. The number of alkyl halides is 3. The highest BCUT2D eigenvalue weighted by molar-refractivity contribution is 5.69. The molecule has 0 spiro atoms. The highest BCUT2D eigenvalue weighted by atomic mass is 19.4. The Bertz CT molecular complexity index is 478. The van der Waals surface area contributed by atoms with Gasteiger partial charge in [0.1, 0.15) is 0 Å². The molecule has 0 aliphatic rings. The standard InChI is InChI=1S/C13H13F3N2/c1-2-3-10(8-17)12(18)9-4-6-11(7-5-9)13(14,15)16/h4-7H,2-3,18H2,1H3/b12-10-. The molecular formula is C13H13F3N2. The van der Waals surface area contributed by atoms with Gasteiger partial charge in [0.15, 0.2) is 0 Å². The van der Waals surface area contributed by atoms with E-state index in [9.17, 15) is 13.2 Å². The molecule has 5 heteroatoms. The molecule has 0 aliphatic carbocycles. The predicted molar refractivity (Wildman–Crippen MR) is 63.1 cm³/mol. The van der Waals surface area contributed by atoms with Gasteiger partial charge < -0.3 is 5.73 Å². The van der Waals surface area contributed by atoms with E-state index in [-0.39, 0.29) is 5.70 Å². The van der Waals surface area contributed by atoms with Crippen LogP contribution < -0.4 is 5.73 Å². The number of rotatable bonds is 3.